The van der Waals surface area contributed by atoms with Crippen LogP contribution in [-0.2, 0) is 17.6 Å². The second-order valence-electron chi connectivity index (χ2n) is 9.04. The van der Waals surface area contributed by atoms with Crippen molar-refractivity contribution in [2.75, 3.05) is 50.7 Å². The number of carbonyl (C=O) groups is 1. The number of fused-ring (bicyclic) bond motifs is 3. The van der Waals surface area contributed by atoms with Crippen LogP contribution in [0.4, 0.5) is 5.82 Å². The van der Waals surface area contributed by atoms with Crippen LogP contribution in [0, 0.1) is 5.92 Å². The molecule has 2 fully saturated rings. The molecule has 162 valence electrons. The van der Waals surface area contributed by atoms with Gasteiger partial charge in [0.1, 0.15) is 17.0 Å². The molecule has 0 atom stereocenters. The first-order valence-corrected chi connectivity index (χ1v) is 12.5. The van der Waals surface area contributed by atoms with Gasteiger partial charge in [-0.05, 0) is 56.6 Å². The van der Waals surface area contributed by atoms with Crippen molar-refractivity contribution in [3.63, 3.8) is 0 Å². The number of likely N-dealkylation sites (N-methyl/N-ethyl adjacent to an activating group) is 1. The third kappa shape index (κ3) is 3.94. The van der Waals surface area contributed by atoms with Crippen LogP contribution in [0.15, 0.2) is 6.33 Å². The lowest BCUT2D eigenvalue weighted by Crippen LogP contribution is -2.49. The summed E-state index contributed by atoms with van der Waals surface area (Å²) in [5.74, 6) is 2.01. The Morgan fingerprint density at radius 1 is 1.07 bits per heavy atom. The number of anilines is 1. The molecule has 1 amide bonds. The van der Waals surface area contributed by atoms with Gasteiger partial charge in [-0.25, -0.2) is 9.97 Å². The summed E-state index contributed by atoms with van der Waals surface area (Å²) in [4.78, 5) is 31.8. The third-order valence-electron chi connectivity index (χ3n) is 7.28. The molecule has 2 aromatic rings. The maximum absolute atomic E-state index is 12.8. The van der Waals surface area contributed by atoms with Gasteiger partial charge >= 0.3 is 0 Å². The van der Waals surface area contributed by atoms with Crippen molar-refractivity contribution in [1.82, 2.24) is 19.8 Å². The molecular formula is C23H33N5OS. The lowest BCUT2D eigenvalue weighted by Gasteiger charge is -2.36. The molecule has 30 heavy (non-hydrogen) atoms. The van der Waals surface area contributed by atoms with Gasteiger partial charge in [-0.1, -0.05) is 6.92 Å². The maximum atomic E-state index is 12.8. The van der Waals surface area contributed by atoms with Crippen LogP contribution < -0.4 is 4.90 Å². The molecule has 0 bridgehead atoms. The van der Waals surface area contributed by atoms with E-state index in [9.17, 15) is 4.79 Å². The summed E-state index contributed by atoms with van der Waals surface area (Å²) >= 11 is 1.87. The van der Waals surface area contributed by atoms with Crippen molar-refractivity contribution in [3.05, 3.63) is 16.8 Å². The molecule has 4 heterocycles. The lowest BCUT2D eigenvalue weighted by molar-refractivity contribution is -0.134. The Kier molecular flexibility index (Phi) is 5.92. The summed E-state index contributed by atoms with van der Waals surface area (Å²) in [5.41, 5.74) is 1.51. The van der Waals surface area contributed by atoms with Crippen molar-refractivity contribution in [1.29, 1.82) is 0 Å². The Bertz CT molecular complexity index is 896. The topological polar surface area (TPSA) is 52.6 Å². The number of hydrogen-bond donors (Lipinski definition) is 0. The quantitative estimate of drug-likeness (QED) is 0.749. The third-order valence-corrected chi connectivity index (χ3v) is 8.48. The van der Waals surface area contributed by atoms with E-state index in [1.807, 2.05) is 11.3 Å². The molecule has 0 N–H and O–H groups in total. The van der Waals surface area contributed by atoms with Gasteiger partial charge in [0.25, 0.3) is 0 Å². The zero-order chi connectivity index (χ0) is 20.5. The number of rotatable bonds is 4. The van der Waals surface area contributed by atoms with Gasteiger partial charge in [0.15, 0.2) is 0 Å². The van der Waals surface area contributed by atoms with Crippen molar-refractivity contribution in [2.24, 2.45) is 5.92 Å². The number of aryl methyl sites for hydroxylation is 2. The van der Waals surface area contributed by atoms with Gasteiger partial charge in [0.05, 0.1) is 5.39 Å². The Labute approximate surface area is 183 Å². The van der Waals surface area contributed by atoms with Gasteiger partial charge in [0, 0.05) is 50.6 Å². The summed E-state index contributed by atoms with van der Waals surface area (Å²) in [5, 5.41) is 1.32. The van der Waals surface area contributed by atoms with Gasteiger partial charge < -0.3 is 14.7 Å². The predicted octanol–water partition coefficient (Wildman–Crippen LogP) is 3.34. The van der Waals surface area contributed by atoms with E-state index in [-0.39, 0.29) is 0 Å². The molecule has 3 aliphatic rings. The second-order valence-corrected chi connectivity index (χ2v) is 10.1. The highest BCUT2D eigenvalue weighted by molar-refractivity contribution is 7.19. The molecule has 0 saturated carbocycles. The van der Waals surface area contributed by atoms with Gasteiger partial charge in [-0.2, -0.15) is 0 Å². The summed E-state index contributed by atoms with van der Waals surface area (Å²) in [6.07, 6.45) is 9.58. The first-order chi connectivity index (χ1) is 14.7. The number of nitrogens with zero attached hydrogens (tertiary/aromatic N) is 5. The number of amides is 1. The average molecular weight is 428 g/mol. The van der Waals surface area contributed by atoms with E-state index in [4.69, 9.17) is 4.98 Å². The molecule has 0 unspecified atom stereocenters. The SMILES string of the molecule is CCN1CCN(C(=O)CC2CCN(c3ncnc4sc5c(c34)CCCC5)CC2)CC1. The fourth-order valence-corrected chi connectivity index (χ4v) is 6.58. The number of carbonyl (C=O) groups excluding carboxylic acids is 1. The average Bonchev–Trinajstić information content (AvgIpc) is 3.18. The number of aromatic nitrogens is 2. The fourth-order valence-electron chi connectivity index (χ4n) is 5.35. The molecule has 6 nitrogen and oxygen atoms in total. The summed E-state index contributed by atoms with van der Waals surface area (Å²) in [6.45, 7) is 9.12. The zero-order valence-electron chi connectivity index (χ0n) is 18.1. The van der Waals surface area contributed by atoms with Crippen molar-refractivity contribution in [2.45, 2.75) is 51.9 Å². The van der Waals surface area contributed by atoms with Gasteiger partial charge in [-0.15, -0.1) is 11.3 Å². The Hall–Kier alpha value is -1.73. The molecule has 0 spiro atoms. The smallest absolute Gasteiger partial charge is 0.222 e. The zero-order valence-corrected chi connectivity index (χ0v) is 18.9. The van der Waals surface area contributed by atoms with E-state index in [1.54, 1.807) is 6.33 Å². The second kappa shape index (κ2) is 8.79. The molecule has 1 aliphatic carbocycles. The Balaban J connectivity index is 1.21. The number of hydrogen-bond acceptors (Lipinski definition) is 6. The van der Waals surface area contributed by atoms with Gasteiger partial charge in [0.2, 0.25) is 5.91 Å². The predicted molar refractivity (Wildman–Crippen MR) is 122 cm³/mol. The van der Waals surface area contributed by atoms with Crippen LogP contribution in [0.3, 0.4) is 0 Å². The largest absolute Gasteiger partial charge is 0.356 e. The lowest BCUT2D eigenvalue weighted by atomic mass is 9.92. The highest BCUT2D eigenvalue weighted by Crippen LogP contribution is 2.40. The maximum Gasteiger partial charge on any atom is 0.222 e. The van der Waals surface area contributed by atoms with E-state index in [0.717, 1.165) is 69.3 Å². The minimum absolute atomic E-state index is 0.362. The molecular weight excluding hydrogens is 394 g/mol. The monoisotopic (exact) mass is 427 g/mol. The molecule has 7 heteroatoms. The van der Waals surface area contributed by atoms with Crippen LogP contribution in [0.2, 0.25) is 0 Å². The highest BCUT2D eigenvalue weighted by atomic mass is 32.1. The van der Waals surface area contributed by atoms with E-state index >= 15 is 0 Å². The van der Waals surface area contributed by atoms with Crippen molar-refractivity contribution in [3.8, 4) is 0 Å². The van der Waals surface area contributed by atoms with Crippen LogP contribution >= 0.6 is 11.3 Å². The van der Waals surface area contributed by atoms with Crippen molar-refractivity contribution < 1.29 is 4.79 Å². The molecule has 2 aliphatic heterocycles. The minimum Gasteiger partial charge on any atom is -0.356 e. The molecule has 2 aromatic heterocycles. The standard InChI is InChI=1S/C23H33N5OS/c1-2-26-11-13-27(14-12-26)20(29)15-17-7-9-28(10-8-17)22-21-18-5-3-4-6-19(18)30-23(21)25-16-24-22/h16-17H,2-15H2,1H3. The van der Waals surface area contributed by atoms with Crippen molar-refractivity contribution >= 4 is 33.3 Å². The number of thiophene rings is 1. The summed E-state index contributed by atoms with van der Waals surface area (Å²) in [7, 11) is 0. The van der Waals surface area contributed by atoms with Gasteiger partial charge in [-0.3, -0.25) is 4.79 Å². The molecule has 5 rings (SSSR count). The Morgan fingerprint density at radius 2 is 1.83 bits per heavy atom. The fraction of sp³-hybridized carbons (Fsp3) is 0.696. The van der Waals surface area contributed by atoms with E-state index in [2.05, 4.69) is 26.6 Å². The number of piperidine rings is 1. The molecule has 2 saturated heterocycles. The number of piperazine rings is 1. The normalized spacial score (nSPS) is 21.2. The van der Waals surface area contributed by atoms with Crippen LogP contribution in [0.5, 0.6) is 0 Å². The van der Waals surface area contributed by atoms with Crippen LogP contribution in [0.25, 0.3) is 10.2 Å². The first-order valence-electron chi connectivity index (χ1n) is 11.7. The minimum atomic E-state index is 0.362. The molecule has 0 aromatic carbocycles. The summed E-state index contributed by atoms with van der Waals surface area (Å²) in [6, 6.07) is 0. The summed E-state index contributed by atoms with van der Waals surface area (Å²) < 4.78 is 0. The van der Waals surface area contributed by atoms with E-state index < -0.39 is 0 Å². The van der Waals surface area contributed by atoms with Crippen LogP contribution in [0.1, 0.15) is 49.5 Å². The molecule has 0 radical (unpaired) electrons. The van der Waals surface area contributed by atoms with E-state index in [0.29, 0.717) is 18.2 Å². The Morgan fingerprint density at radius 3 is 2.60 bits per heavy atom. The van der Waals surface area contributed by atoms with Crippen LogP contribution in [-0.4, -0.2) is 71.5 Å². The first kappa shape index (κ1) is 20.2. The highest BCUT2D eigenvalue weighted by Gasteiger charge is 2.28. The van der Waals surface area contributed by atoms with E-state index in [1.165, 1.54) is 41.5 Å².